The van der Waals surface area contributed by atoms with Gasteiger partial charge in [0.25, 0.3) is 0 Å². The van der Waals surface area contributed by atoms with Crippen molar-refractivity contribution in [2.75, 3.05) is 32.1 Å². The van der Waals surface area contributed by atoms with Crippen LogP contribution < -0.4 is 11.5 Å². The molecule has 78 valence electrons. The first-order valence-electron chi connectivity index (χ1n) is 4.88. The highest BCUT2D eigenvalue weighted by atomic mass is 15.0. The minimum atomic E-state index is 0.791. The maximum Gasteiger partial charge on any atom is 0.0348 e. The zero-order chi connectivity index (χ0) is 10.6. The second kappa shape index (κ2) is 4.86. The molecule has 1 rings (SSSR count). The Labute approximate surface area is 85.7 Å². The first kappa shape index (κ1) is 10.9. The predicted octanol–water partition coefficient (Wildman–Crippen LogP) is 1.35. The summed E-state index contributed by atoms with van der Waals surface area (Å²) in [5.41, 5.74) is 14.3. The SMILES string of the molecule is CN(C)CCCc1cc(N)ccc1N. The molecule has 0 aliphatic carbocycles. The van der Waals surface area contributed by atoms with Crippen LogP contribution in [-0.2, 0) is 6.42 Å². The fourth-order valence-electron chi connectivity index (χ4n) is 1.43. The van der Waals surface area contributed by atoms with Gasteiger partial charge in [-0.1, -0.05) is 0 Å². The van der Waals surface area contributed by atoms with Crippen LogP contribution in [0.2, 0.25) is 0 Å². The molecule has 14 heavy (non-hydrogen) atoms. The highest BCUT2D eigenvalue weighted by molar-refractivity contribution is 5.55. The van der Waals surface area contributed by atoms with Gasteiger partial charge in [0, 0.05) is 11.4 Å². The number of nitrogen functional groups attached to an aromatic ring is 2. The van der Waals surface area contributed by atoms with Crippen LogP contribution in [0.25, 0.3) is 0 Å². The predicted molar refractivity (Wildman–Crippen MR) is 62.1 cm³/mol. The van der Waals surface area contributed by atoms with E-state index < -0.39 is 0 Å². The standard InChI is InChI=1S/C11H19N3/c1-14(2)7-3-4-9-8-10(12)5-6-11(9)13/h5-6,8H,3-4,7,12-13H2,1-2H3. The fraction of sp³-hybridized carbons (Fsp3) is 0.455. The summed E-state index contributed by atoms with van der Waals surface area (Å²) < 4.78 is 0. The van der Waals surface area contributed by atoms with Gasteiger partial charge < -0.3 is 16.4 Å². The van der Waals surface area contributed by atoms with Gasteiger partial charge in [0.05, 0.1) is 0 Å². The smallest absolute Gasteiger partial charge is 0.0348 e. The van der Waals surface area contributed by atoms with E-state index >= 15 is 0 Å². The summed E-state index contributed by atoms with van der Waals surface area (Å²) in [7, 11) is 4.14. The summed E-state index contributed by atoms with van der Waals surface area (Å²) in [6, 6.07) is 5.68. The Kier molecular flexibility index (Phi) is 3.77. The molecule has 0 radical (unpaired) electrons. The fourth-order valence-corrected chi connectivity index (χ4v) is 1.43. The molecule has 0 aromatic heterocycles. The average molecular weight is 193 g/mol. The van der Waals surface area contributed by atoms with Crippen LogP contribution in [0, 0.1) is 0 Å². The van der Waals surface area contributed by atoms with E-state index in [1.807, 2.05) is 18.2 Å². The molecule has 0 atom stereocenters. The third kappa shape index (κ3) is 3.26. The summed E-state index contributed by atoms with van der Waals surface area (Å²) in [4.78, 5) is 2.17. The second-order valence-electron chi connectivity index (χ2n) is 3.87. The molecule has 0 saturated carbocycles. The Hall–Kier alpha value is -1.22. The molecule has 0 amide bonds. The Bertz CT molecular complexity index is 295. The van der Waals surface area contributed by atoms with Gasteiger partial charge in [-0.25, -0.2) is 0 Å². The molecule has 1 aromatic carbocycles. The summed E-state index contributed by atoms with van der Waals surface area (Å²) in [6.07, 6.45) is 2.11. The van der Waals surface area contributed by atoms with Gasteiger partial charge in [-0.3, -0.25) is 0 Å². The van der Waals surface area contributed by atoms with E-state index in [9.17, 15) is 0 Å². The molecule has 0 aliphatic rings. The minimum absolute atomic E-state index is 0.791. The first-order valence-corrected chi connectivity index (χ1v) is 4.88. The maximum atomic E-state index is 5.84. The van der Waals surface area contributed by atoms with Crippen molar-refractivity contribution in [1.82, 2.24) is 4.90 Å². The highest BCUT2D eigenvalue weighted by Crippen LogP contribution is 2.17. The monoisotopic (exact) mass is 193 g/mol. The van der Waals surface area contributed by atoms with E-state index in [0.717, 1.165) is 36.3 Å². The largest absolute Gasteiger partial charge is 0.399 e. The molecule has 0 aliphatic heterocycles. The molecule has 4 N–H and O–H groups in total. The van der Waals surface area contributed by atoms with E-state index in [-0.39, 0.29) is 0 Å². The van der Waals surface area contributed by atoms with Crippen molar-refractivity contribution in [1.29, 1.82) is 0 Å². The number of nitrogens with two attached hydrogens (primary N) is 2. The van der Waals surface area contributed by atoms with Crippen LogP contribution in [-0.4, -0.2) is 25.5 Å². The van der Waals surface area contributed by atoms with Crippen LogP contribution in [0.1, 0.15) is 12.0 Å². The zero-order valence-electron chi connectivity index (χ0n) is 8.96. The molecule has 0 saturated heterocycles. The molecule has 3 nitrogen and oxygen atoms in total. The molecular formula is C11H19N3. The molecule has 0 spiro atoms. The van der Waals surface area contributed by atoms with Crippen molar-refractivity contribution < 1.29 is 0 Å². The van der Waals surface area contributed by atoms with Gasteiger partial charge in [0.1, 0.15) is 0 Å². The van der Waals surface area contributed by atoms with Crippen LogP contribution in [0.3, 0.4) is 0 Å². The highest BCUT2D eigenvalue weighted by Gasteiger charge is 2.00. The summed E-state index contributed by atoms with van der Waals surface area (Å²) in [5, 5.41) is 0. The van der Waals surface area contributed by atoms with Crippen molar-refractivity contribution in [3.05, 3.63) is 23.8 Å². The van der Waals surface area contributed by atoms with Crippen LogP contribution in [0.5, 0.6) is 0 Å². The van der Waals surface area contributed by atoms with Crippen molar-refractivity contribution in [3.63, 3.8) is 0 Å². The first-order chi connectivity index (χ1) is 6.59. The van der Waals surface area contributed by atoms with Crippen LogP contribution in [0.4, 0.5) is 11.4 Å². The van der Waals surface area contributed by atoms with Gasteiger partial charge in [-0.2, -0.15) is 0 Å². The third-order valence-corrected chi connectivity index (χ3v) is 2.22. The molecule has 0 heterocycles. The Morgan fingerprint density at radius 3 is 2.57 bits per heavy atom. The van der Waals surface area contributed by atoms with E-state index in [2.05, 4.69) is 19.0 Å². The van der Waals surface area contributed by atoms with Crippen molar-refractivity contribution in [3.8, 4) is 0 Å². The number of aryl methyl sites for hydroxylation is 1. The van der Waals surface area contributed by atoms with Gasteiger partial charge in [-0.15, -0.1) is 0 Å². The normalized spacial score (nSPS) is 10.8. The second-order valence-corrected chi connectivity index (χ2v) is 3.87. The van der Waals surface area contributed by atoms with Crippen LogP contribution >= 0.6 is 0 Å². The lowest BCUT2D eigenvalue weighted by atomic mass is 10.1. The summed E-state index contributed by atoms with van der Waals surface area (Å²) >= 11 is 0. The van der Waals surface area contributed by atoms with E-state index in [1.165, 1.54) is 0 Å². The molecule has 3 heteroatoms. The van der Waals surface area contributed by atoms with Crippen molar-refractivity contribution in [2.45, 2.75) is 12.8 Å². The van der Waals surface area contributed by atoms with Gasteiger partial charge in [0.15, 0.2) is 0 Å². The Morgan fingerprint density at radius 1 is 1.21 bits per heavy atom. The lowest BCUT2D eigenvalue weighted by molar-refractivity contribution is 0.400. The minimum Gasteiger partial charge on any atom is -0.399 e. The molecule has 0 unspecified atom stereocenters. The van der Waals surface area contributed by atoms with Crippen molar-refractivity contribution in [2.24, 2.45) is 0 Å². The number of nitrogens with zero attached hydrogens (tertiary/aromatic N) is 1. The molecule has 0 bridgehead atoms. The van der Waals surface area contributed by atoms with Gasteiger partial charge in [0.2, 0.25) is 0 Å². The van der Waals surface area contributed by atoms with E-state index in [4.69, 9.17) is 11.5 Å². The lowest BCUT2D eigenvalue weighted by Crippen LogP contribution is -2.13. The number of hydrogen-bond acceptors (Lipinski definition) is 3. The Balaban J connectivity index is 2.53. The third-order valence-electron chi connectivity index (χ3n) is 2.22. The topological polar surface area (TPSA) is 55.3 Å². The summed E-state index contributed by atoms with van der Waals surface area (Å²) in [6.45, 7) is 1.08. The zero-order valence-corrected chi connectivity index (χ0v) is 8.96. The van der Waals surface area contributed by atoms with E-state index in [0.29, 0.717) is 0 Å². The maximum absolute atomic E-state index is 5.84. The van der Waals surface area contributed by atoms with Gasteiger partial charge >= 0.3 is 0 Å². The molecule has 0 fully saturated rings. The Morgan fingerprint density at radius 2 is 1.93 bits per heavy atom. The number of benzene rings is 1. The lowest BCUT2D eigenvalue weighted by Gasteiger charge is -2.10. The number of hydrogen-bond donors (Lipinski definition) is 2. The number of anilines is 2. The van der Waals surface area contributed by atoms with Crippen molar-refractivity contribution >= 4 is 11.4 Å². The molecular weight excluding hydrogens is 174 g/mol. The van der Waals surface area contributed by atoms with Gasteiger partial charge in [-0.05, 0) is 57.2 Å². The summed E-state index contributed by atoms with van der Waals surface area (Å²) in [5.74, 6) is 0. The van der Waals surface area contributed by atoms with E-state index in [1.54, 1.807) is 0 Å². The quantitative estimate of drug-likeness (QED) is 0.710. The molecule has 1 aromatic rings. The number of rotatable bonds is 4. The van der Waals surface area contributed by atoms with Crippen LogP contribution in [0.15, 0.2) is 18.2 Å². The average Bonchev–Trinajstić information content (AvgIpc) is 2.10.